The lowest BCUT2D eigenvalue weighted by atomic mass is 10.00. The van der Waals surface area contributed by atoms with Crippen molar-refractivity contribution in [2.75, 3.05) is 11.1 Å². The molecular formula is C21H20N2O2. The fraction of sp³-hybridized carbons (Fsp3) is 0.143. The molecule has 3 aromatic carbocycles. The predicted molar refractivity (Wildman–Crippen MR) is 102 cm³/mol. The Bertz CT molecular complexity index is 944. The van der Waals surface area contributed by atoms with Crippen molar-refractivity contribution in [3.63, 3.8) is 0 Å². The Morgan fingerprint density at radius 3 is 2.12 bits per heavy atom. The maximum atomic E-state index is 12.5. The number of nitrogens with two attached hydrogens (primary N) is 1. The van der Waals surface area contributed by atoms with Gasteiger partial charge < -0.3 is 11.1 Å². The Hall–Kier alpha value is -3.14. The molecule has 0 aliphatic rings. The fourth-order valence-electron chi connectivity index (χ4n) is 2.76. The third kappa shape index (κ3) is 3.38. The molecule has 0 saturated carbocycles. The number of hydrogen-bond donors (Lipinski definition) is 2. The van der Waals surface area contributed by atoms with Gasteiger partial charge in [-0.05, 0) is 24.3 Å². The van der Waals surface area contributed by atoms with Crippen LogP contribution >= 0.6 is 0 Å². The van der Waals surface area contributed by atoms with E-state index in [2.05, 4.69) is 5.32 Å². The van der Waals surface area contributed by atoms with Gasteiger partial charge in [0.2, 0.25) is 0 Å². The van der Waals surface area contributed by atoms with Gasteiger partial charge in [-0.25, -0.2) is 0 Å². The number of amides is 1. The van der Waals surface area contributed by atoms with Crippen LogP contribution in [-0.4, -0.2) is 11.7 Å². The van der Waals surface area contributed by atoms with Crippen LogP contribution in [0.1, 0.15) is 34.6 Å². The second kappa shape index (κ2) is 6.77. The Morgan fingerprint density at radius 1 is 0.840 bits per heavy atom. The van der Waals surface area contributed by atoms with E-state index >= 15 is 0 Å². The number of nitrogens with one attached hydrogen (secondary N) is 1. The van der Waals surface area contributed by atoms with E-state index in [-0.39, 0.29) is 17.6 Å². The topological polar surface area (TPSA) is 72.2 Å². The molecule has 0 atom stereocenters. The van der Waals surface area contributed by atoms with Crippen molar-refractivity contribution in [2.24, 2.45) is 5.92 Å². The summed E-state index contributed by atoms with van der Waals surface area (Å²) in [5, 5.41) is 4.71. The third-order valence-corrected chi connectivity index (χ3v) is 4.16. The number of nitrogen functional groups attached to an aromatic ring is 1. The molecule has 3 aromatic rings. The molecule has 0 bridgehead atoms. The molecule has 4 nitrogen and oxygen atoms in total. The Morgan fingerprint density at radius 2 is 1.44 bits per heavy atom. The summed E-state index contributed by atoms with van der Waals surface area (Å²) < 4.78 is 0. The van der Waals surface area contributed by atoms with Crippen molar-refractivity contribution in [1.82, 2.24) is 0 Å². The number of carbonyl (C=O) groups is 2. The van der Waals surface area contributed by atoms with Gasteiger partial charge in [-0.1, -0.05) is 50.2 Å². The molecule has 3 N–H and O–H groups in total. The molecule has 0 aliphatic carbocycles. The number of benzene rings is 3. The maximum Gasteiger partial charge on any atom is 0.255 e. The van der Waals surface area contributed by atoms with Gasteiger partial charge >= 0.3 is 0 Å². The largest absolute Gasteiger partial charge is 0.398 e. The first kappa shape index (κ1) is 16.7. The molecule has 126 valence electrons. The van der Waals surface area contributed by atoms with Crippen molar-refractivity contribution < 1.29 is 9.59 Å². The minimum atomic E-state index is -0.224. The molecular weight excluding hydrogens is 312 g/mol. The van der Waals surface area contributed by atoms with Crippen LogP contribution in [0.2, 0.25) is 0 Å². The van der Waals surface area contributed by atoms with E-state index in [0.717, 1.165) is 10.8 Å². The molecule has 25 heavy (non-hydrogen) atoms. The van der Waals surface area contributed by atoms with Crippen LogP contribution in [0.15, 0.2) is 60.7 Å². The minimum absolute atomic E-state index is 0.0662. The Balaban J connectivity index is 1.86. The van der Waals surface area contributed by atoms with Gasteiger partial charge in [0, 0.05) is 39.2 Å². The van der Waals surface area contributed by atoms with E-state index in [4.69, 9.17) is 5.73 Å². The molecule has 0 aromatic heterocycles. The fourth-order valence-corrected chi connectivity index (χ4v) is 2.76. The minimum Gasteiger partial charge on any atom is -0.398 e. The van der Waals surface area contributed by atoms with E-state index < -0.39 is 0 Å². The van der Waals surface area contributed by atoms with E-state index in [1.165, 1.54) is 0 Å². The van der Waals surface area contributed by atoms with Gasteiger partial charge in [0.1, 0.15) is 0 Å². The number of ketones is 1. The molecule has 0 spiro atoms. The van der Waals surface area contributed by atoms with Gasteiger partial charge in [0.15, 0.2) is 5.78 Å². The number of rotatable bonds is 4. The van der Waals surface area contributed by atoms with E-state index in [0.29, 0.717) is 22.5 Å². The van der Waals surface area contributed by atoms with Crippen LogP contribution in [0.25, 0.3) is 10.8 Å². The molecule has 0 unspecified atom stereocenters. The maximum absolute atomic E-state index is 12.5. The highest BCUT2D eigenvalue weighted by Gasteiger charge is 2.13. The quantitative estimate of drug-likeness (QED) is 0.545. The van der Waals surface area contributed by atoms with Gasteiger partial charge in [0.05, 0.1) is 0 Å². The van der Waals surface area contributed by atoms with Crippen molar-refractivity contribution >= 4 is 33.8 Å². The van der Waals surface area contributed by atoms with Gasteiger partial charge in [-0.2, -0.15) is 0 Å². The van der Waals surface area contributed by atoms with Crippen molar-refractivity contribution in [1.29, 1.82) is 0 Å². The van der Waals surface area contributed by atoms with Crippen molar-refractivity contribution in [3.8, 4) is 0 Å². The third-order valence-electron chi connectivity index (χ3n) is 4.16. The summed E-state index contributed by atoms with van der Waals surface area (Å²) >= 11 is 0. The predicted octanol–water partition coefficient (Wildman–Crippen LogP) is 4.51. The molecule has 1 amide bonds. The molecule has 4 heteroatoms. The Kier molecular flexibility index (Phi) is 4.52. The highest BCUT2D eigenvalue weighted by atomic mass is 16.1. The Labute approximate surface area is 146 Å². The normalized spacial score (nSPS) is 10.8. The van der Waals surface area contributed by atoms with Crippen molar-refractivity contribution in [3.05, 3.63) is 71.8 Å². The smallest absolute Gasteiger partial charge is 0.255 e. The number of Topliss-reactive ketones (excluding diaryl/α,β-unsaturated/α-hetero) is 1. The standard InChI is InChI=1S/C21H20N2O2/c1-13(2)20(24)14-9-11-15(12-10-14)21(25)23-19-8-4-5-16-17(19)6-3-7-18(16)22/h3-13H,22H2,1-2H3,(H,23,25). The van der Waals surface area contributed by atoms with Crippen LogP contribution in [-0.2, 0) is 0 Å². The average Bonchev–Trinajstić information content (AvgIpc) is 2.62. The summed E-state index contributed by atoms with van der Waals surface area (Å²) in [7, 11) is 0. The van der Waals surface area contributed by atoms with Crippen LogP contribution < -0.4 is 11.1 Å². The summed E-state index contributed by atoms with van der Waals surface area (Å²) in [4.78, 5) is 24.5. The average molecular weight is 332 g/mol. The van der Waals surface area contributed by atoms with E-state index in [9.17, 15) is 9.59 Å². The summed E-state index contributed by atoms with van der Waals surface area (Å²) in [6.07, 6.45) is 0. The zero-order chi connectivity index (χ0) is 18.0. The number of fused-ring (bicyclic) bond motifs is 1. The zero-order valence-corrected chi connectivity index (χ0v) is 14.2. The lowest BCUT2D eigenvalue weighted by Crippen LogP contribution is -2.13. The van der Waals surface area contributed by atoms with Crippen LogP contribution in [0.5, 0.6) is 0 Å². The van der Waals surface area contributed by atoms with Crippen molar-refractivity contribution in [2.45, 2.75) is 13.8 Å². The summed E-state index contributed by atoms with van der Waals surface area (Å²) in [6, 6.07) is 18.0. The van der Waals surface area contributed by atoms with Crippen LogP contribution in [0.4, 0.5) is 11.4 Å². The molecule has 0 fully saturated rings. The van der Waals surface area contributed by atoms with Crippen LogP contribution in [0, 0.1) is 5.92 Å². The number of anilines is 2. The first-order chi connectivity index (χ1) is 12.0. The highest BCUT2D eigenvalue weighted by Crippen LogP contribution is 2.27. The zero-order valence-electron chi connectivity index (χ0n) is 14.2. The first-order valence-electron chi connectivity index (χ1n) is 8.20. The first-order valence-corrected chi connectivity index (χ1v) is 8.20. The summed E-state index contributed by atoms with van der Waals surface area (Å²) in [5.74, 6) is -0.226. The van der Waals surface area contributed by atoms with E-state index in [1.54, 1.807) is 24.3 Å². The second-order valence-corrected chi connectivity index (χ2v) is 6.30. The van der Waals surface area contributed by atoms with Gasteiger partial charge in [-0.3, -0.25) is 9.59 Å². The molecule has 3 rings (SSSR count). The van der Waals surface area contributed by atoms with Crippen LogP contribution in [0.3, 0.4) is 0 Å². The lowest BCUT2D eigenvalue weighted by molar-refractivity contribution is 0.0938. The summed E-state index contributed by atoms with van der Waals surface area (Å²) in [5.41, 5.74) is 8.49. The van der Waals surface area contributed by atoms with E-state index in [1.807, 2.05) is 50.2 Å². The van der Waals surface area contributed by atoms with Gasteiger partial charge in [0.25, 0.3) is 5.91 Å². The SMILES string of the molecule is CC(C)C(=O)c1ccc(C(=O)Nc2cccc3c(N)cccc23)cc1. The van der Waals surface area contributed by atoms with Gasteiger partial charge in [-0.15, -0.1) is 0 Å². The highest BCUT2D eigenvalue weighted by molar-refractivity contribution is 6.11. The summed E-state index contributed by atoms with van der Waals surface area (Å²) in [6.45, 7) is 3.71. The second-order valence-electron chi connectivity index (χ2n) is 6.30. The number of hydrogen-bond acceptors (Lipinski definition) is 3. The molecule has 0 aliphatic heterocycles. The molecule has 0 heterocycles. The number of carbonyl (C=O) groups excluding carboxylic acids is 2. The monoisotopic (exact) mass is 332 g/mol. The lowest BCUT2D eigenvalue weighted by Gasteiger charge is -2.10. The molecule has 0 saturated heterocycles. The molecule has 0 radical (unpaired) electrons.